The monoisotopic (exact) mass is 591 g/mol. The van der Waals surface area contributed by atoms with Crippen molar-refractivity contribution in [3.05, 3.63) is 87.4 Å². The number of para-hydroxylation sites is 1. The van der Waals surface area contributed by atoms with Gasteiger partial charge in [0.15, 0.2) is 18.1 Å². The van der Waals surface area contributed by atoms with Gasteiger partial charge in [-0.25, -0.2) is 5.43 Å². The Bertz CT molecular complexity index is 1350. The molecular weight excluding hydrogens is 562 g/mol. The molecule has 0 bridgehead atoms. The fourth-order valence-corrected chi connectivity index (χ4v) is 4.35. The lowest BCUT2D eigenvalue weighted by molar-refractivity contribution is -0.130. The van der Waals surface area contributed by atoms with Crippen LogP contribution < -0.4 is 25.0 Å². The topological polar surface area (TPSA) is 98.2 Å². The van der Waals surface area contributed by atoms with Gasteiger partial charge in [0.1, 0.15) is 18.4 Å². The highest BCUT2D eigenvalue weighted by Gasteiger charge is 2.22. The van der Waals surface area contributed by atoms with E-state index >= 15 is 0 Å². The summed E-state index contributed by atoms with van der Waals surface area (Å²) in [7, 11) is 1.51. The van der Waals surface area contributed by atoms with Crippen LogP contribution in [0.15, 0.2) is 70.2 Å². The number of carbonyl (C=O) groups excluding carboxylic acids is 2. The van der Waals surface area contributed by atoms with Gasteiger partial charge in [0.05, 0.1) is 17.8 Å². The molecule has 0 aliphatic carbocycles. The molecule has 0 aliphatic rings. The number of terminal acetylenes is 1. The van der Waals surface area contributed by atoms with Crippen LogP contribution in [-0.4, -0.2) is 44.4 Å². The third kappa shape index (κ3) is 8.62. The van der Waals surface area contributed by atoms with Crippen LogP contribution in [-0.2, 0) is 16.0 Å². The molecule has 9 heteroatoms. The second kappa shape index (κ2) is 14.6. The molecule has 1 atom stereocenters. The molecule has 202 valence electrons. The summed E-state index contributed by atoms with van der Waals surface area (Å²) in [5.74, 6) is 3.07. The molecule has 8 nitrogen and oxygen atoms in total. The van der Waals surface area contributed by atoms with Crippen molar-refractivity contribution in [2.45, 2.75) is 26.3 Å². The standard InChI is InChI=1S/C30H30BrN3O5/c1-5-14-38-29-24(31)15-23(17-26(29)37-4)18-32-34-30(36)25(16-22-12-7-6-8-13-22)33-27(35)19-39-28-20(2)10-9-11-21(28)3/h1,6-13,15,17-18,25H,14,16,19H2,2-4H3,(H,33,35)(H,34,36)/b32-18-/t25-/m0/s1. The van der Waals surface area contributed by atoms with Gasteiger partial charge >= 0.3 is 0 Å². The third-order valence-corrected chi connectivity index (χ3v) is 6.22. The Morgan fingerprint density at radius 3 is 2.44 bits per heavy atom. The van der Waals surface area contributed by atoms with Crippen LogP contribution in [0.4, 0.5) is 0 Å². The molecule has 0 saturated carbocycles. The fraction of sp³-hybridized carbons (Fsp3) is 0.233. The van der Waals surface area contributed by atoms with E-state index in [1.807, 2.05) is 62.4 Å². The highest BCUT2D eigenvalue weighted by Crippen LogP contribution is 2.36. The Labute approximate surface area is 236 Å². The van der Waals surface area contributed by atoms with E-state index in [1.54, 1.807) is 12.1 Å². The molecule has 0 spiro atoms. The number of amides is 2. The van der Waals surface area contributed by atoms with Crippen molar-refractivity contribution in [1.82, 2.24) is 10.7 Å². The summed E-state index contributed by atoms with van der Waals surface area (Å²) < 4.78 is 17.3. The van der Waals surface area contributed by atoms with Crippen LogP contribution in [0.5, 0.6) is 17.2 Å². The fourth-order valence-electron chi connectivity index (χ4n) is 3.78. The van der Waals surface area contributed by atoms with Crippen molar-refractivity contribution >= 4 is 34.0 Å². The number of ether oxygens (including phenoxy) is 3. The number of nitrogens with zero attached hydrogens (tertiary/aromatic N) is 1. The maximum Gasteiger partial charge on any atom is 0.262 e. The van der Waals surface area contributed by atoms with Gasteiger partial charge in [-0.05, 0) is 64.2 Å². The number of carbonyl (C=O) groups is 2. The van der Waals surface area contributed by atoms with Gasteiger partial charge < -0.3 is 19.5 Å². The van der Waals surface area contributed by atoms with Crippen LogP contribution in [0, 0.1) is 26.2 Å². The van der Waals surface area contributed by atoms with E-state index in [2.05, 4.69) is 37.7 Å². The smallest absolute Gasteiger partial charge is 0.262 e. The minimum absolute atomic E-state index is 0.0859. The molecule has 3 aromatic carbocycles. The zero-order chi connectivity index (χ0) is 28.2. The van der Waals surface area contributed by atoms with Crippen LogP contribution >= 0.6 is 15.9 Å². The summed E-state index contributed by atoms with van der Waals surface area (Å²) in [4.78, 5) is 25.8. The molecule has 0 aliphatic heterocycles. The average Bonchev–Trinajstić information content (AvgIpc) is 2.92. The Kier molecular flexibility index (Phi) is 11.0. The molecule has 2 N–H and O–H groups in total. The lowest BCUT2D eigenvalue weighted by atomic mass is 10.1. The summed E-state index contributed by atoms with van der Waals surface area (Å²) in [6, 6.07) is 17.7. The normalized spacial score (nSPS) is 11.4. The van der Waals surface area contributed by atoms with Crippen molar-refractivity contribution in [2.75, 3.05) is 20.3 Å². The lowest BCUT2D eigenvalue weighted by Crippen LogP contribution is -2.48. The van der Waals surface area contributed by atoms with Crippen molar-refractivity contribution in [2.24, 2.45) is 5.10 Å². The van der Waals surface area contributed by atoms with Crippen LogP contribution in [0.1, 0.15) is 22.3 Å². The van der Waals surface area contributed by atoms with Crippen molar-refractivity contribution < 1.29 is 23.8 Å². The zero-order valence-electron chi connectivity index (χ0n) is 22.0. The Morgan fingerprint density at radius 1 is 1.05 bits per heavy atom. The number of aryl methyl sites for hydroxylation is 2. The molecule has 0 saturated heterocycles. The van der Waals surface area contributed by atoms with E-state index in [0.29, 0.717) is 27.3 Å². The van der Waals surface area contributed by atoms with Crippen LogP contribution in [0.25, 0.3) is 0 Å². The number of nitrogens with one attached hydrogen (secondary N) is 2. The lowest BCUT2D eigenvalue weighted by Gasteiger charge is -2.18. The molecule has 0 aromatic heterocycles. The molecule has 39 heavy (non-hydrogen) atoms. The second-order valence-corrected chi connectivity index (χ2v) is 9.43. The highest BCUT2D eigenvalue weighted by molar-refractivity contribution is 9.10. The first-order valence-corrected chi connectivity index (χ1v) is 12.9. The van der Waals surface area contributed by atoms with Crippen LogP contribution in [0.3, 0.4) is 0 Å². The molecule has 0 unspecified atom stereocenters. The predicted molar refractivity (Wildman–Crippen MR) is 154 cm³/mol. The molecule has 3 aromatic rings. The third-order valence-electron chi connectivity index (χ3n) is 5.63. The zero-order valence-corrected chi connectivity index (χ0v) is 23.6. The first-order chi connectivity index (χ1) is 18.8. The van der Waals surface area contributed by atoms with E-state index in [-0.39, 0.29) is 19.6 Å². The van der Waals surface area contributed by atoms with Crippen LogP contribution in [0.2, 0.25) is 0 Å². The molecule has 0 fully saturated rings. The minimum Gasteiger partial charge on any atom is -0.493 e. The molecule has 0 radical (unpaired) electrons. The number of methoxy groups -OCH3 is 1. The van der Waals surface area contributed by atoms with E-state index in [9.17, 15) is 9.59 Å². The number of rotatable bonds is 12. The van der Waals surface area contributed by atoms with Gasteiger partial charge in [-0.1, -0.05) is 54.5 Å². The highest BCUT2D eigenvalue weighted by atomic mass is 79.9. The molecule has 0 heterocycles. The van der Waals surface area contributed by atoms with E-state index in [4.69, 9.17) is 20.6 Å². The van der Waals surface area contributed by atoms with Gasteiger partial charge in [-0.3, -0.25) is 9.59 Å². The van der Waals surface area contributed by atoms with Gasteiger partial charge in [0.2, 0.25) is 0 Å². The Balaban J connectivity index is 1.69. The van der Waals surface area contributed by atoms with Crippen molar-refractivity contribution in [3.63, 3.8) is 0 Å². The molecular formula is C30H30BrN3O5. The SMILES string of the molecule is C#CCOc1c(Br)cc(/C=N\NC(=O)[C@H](Cc2ccccc2)NC(=O)COc2c(C)cccc2C)cc1OC. The largest absolute Gasteiger partial charge is 0.493 e. The maximum absolute atomic E-state index is 13.1. The van der Waals surface area contributed by atoms with Gasteiger partial charge in [0, 0.05) is 6.42 Å². The second-order valence-electron chi connectivity index (χ2n) is 8.58. The average molecular weight is 592 g/mol. The number of hydrogen-bond donors (Lipinski definition) is 2. The summed E-state index contributed by atoms with van der Waals surface area (Å²) >= 11 is 3.44. The van der Waals surface area contributed by atoms with E-state index in [0.717, 1.165) is 16.7 Å². The van der Waals surface area contributed by atoms with Crippen molar-refractivity contribution in [1.29, 1.82) is 0 Å². The summed E-state index contributed by atoms with van der Waals surface area (Å²) in [6.07, 6.45) is 7.01. The Hall–Kier alpha value is -4.29. The summed E-state index contributed by atoms with van der Waals surface area (Å²) in [5, 5.41) is 6.85. The van der Waals surface area contributed by atoms with E-state index < -0.39 is 17.9 Å². The number of hydrogen-bond acceptors (Lipinski definition) is 6. The van der Waals surface area contributed by atoms with Crippen molar-refractivity contribution in [3.8, 4) is 29.6 Å². The maximum atomic E-state index is 13.1. The molecule has 3 rings (SSSR count). The predicted octanol–water partition coefficient (Wildman–Crippen LogP) is 4.34. The van der Waals surface area contributed by atoms with Gasteiger partial charge in [-0.15, -0.1) is 6.42 Å². The van der Waals surface area contributed by atoms with Gasteiger partial charge in [-0.2, -0.15) is 5.10 Å². The Morgan fingerprint density at radius 2 is 1.77 bits per heavy atom. The first kappa shape index (κ1) is 29.3. The number of hydrazone groups is 1. The number of halogens is 1. The van der Waals surface area contributed by atoms with E-state index in [1.165, 1.54) is 13.3 Å². The quantitative estimate of drug-likeness (QED) is 0.185. The molecule has 2 amide bonds. The minimum atomic E-state index is -0.876. The summed E-state index contributed by atoms with van der Waals surface area (Å²) in [6.45, 7) is 3.68. The van der Waals surface area contributed by atoms with Gasteiger partial charge in [0.25, 0.3) is 11.8 Å². The number of benzene rings is 3. The first-order valence-electron chi connectivity index (χ1n) is 12.1. The summed E-state index contributed by atoms with van der Waals surface area (Å²) in [5.41, 5.74) is 5.89.